The molecule has 4 aromatic rings. The van der Waals surface area contributed by atoms with Crippen molar-refractivity contribution in [2.75, 3.05) is 20.3 Å². The lowest BCUT2D eigenvalue weighted by molar-refractivity contribution is -0.185. The van der Waals surface area contributed by atoms with Crippen LogP contribution in [0, 0.1) is 6.92 Å². The fourth-order valence-corrected chi connectivity index (χ4v) is 5.24. The summed E-state index contributed by atoms with van der Waals surface area (Å²) in [4.78, 5) is 13.3. The number of aromatic nitrogens is 2. The number of esters is 1. The van der Waals surface area contributed by atoms with Crippen LogP contribution < -0.4 is 14.2 Å². The molecule has 3 aromatic carbocycles. The van der Waals surface area contributed by atoms with Crippen molar-refractivity contribution < 1.29 is 28.8 Å². The molecule has 1 aromatic heterocycles. The minimum absolute atomic E-state index is 0.268. The zero-order valence-corrected chi connectivity index (χ0v) is 20.4. The number of carbonyl (C=O) groups excluding carboxylic acids is 1. The van der Waals surface area contributed by atoms with Crippen molar-refractivity contribution in [1.82, 2.24) is 8.75 Å². The van der Waals surface area contributed by atoms with E-state index in [0.29, 0.717) is 52.5 Å². The van der Waals surface area contributed by atoms with Gasteiger partial charge < -0.3 is 24.1 Å². The Morgan fingerprint density at radius 2 is 1.81 bits per heavy atom. The number of fused-ring (bicyclic) bond motifs is 2. The summed E-state index contributed by atoms with van der Waals surface area (Å²) in [6.45, 7) is 2.80. The summed E-state index contributed by atoms with van der Waals surface area (Å²) in [5, 5.41) is 12.0. The lowest BCUT2D eigenvalue weighted by Gasteiger charge is -2.27. The second-order valence-corrected chi connectivity index (χ2v) is 9.22. The van der Waals surface area contributed by atoms with Crippen LogP contribution in [0.25, 0.3) is 16.6 Å². The number of ether oxygens (including phenoxy) is 4. The van der Waals surface area contributed by atoms with Crippen molar-refractivity contribution in [2.45, 2.75) is 19.1 Å². The first-order valence-corrected chi connectivity index (χ1v) is 12.1. The highest BCUT2D eigenvalue weighted by molar-refractivity contribution is 7.00. The first-order chi connectivity index (χ1) is 17.5. The molecule has 1 unspecified atom stereocenters. The molecule has 9 heteroatoms. The Kier molecular flexibility index (Phi) is 5.39. The second-order valence-electron chi connectivity index (χ2n) is 8.69. The number of hydrogen-bond acceptors (Lipinski definition) is 9. The molecule has 1 N–H and O–H groups in total. The topological polar surface area (TPSA) is 100 Å². The van der Waals surface area contributed by atoms with E-state index >= 15 is 0 Å². The summed E-state index contributed by atoms with van der Waals surface area (Å²) in [6, 6.07) is 16.2. The molecular weight excluding hydrogens is 480 g/mol. The van der Waals surface area contributed by atoms with E-state index in [1.54, 1.807) is 37.4 Å². The maximum atomic E-state index is 13.3. The average molecular weight is 503 g/mol. The standard InChI is InChI=1S/C27H22N2O6S/c1-15-11-16(3-7-22(15)32-2)12-19-25(17-4-6-20-21(13-17)29-36-28-20)26(30)35-27(19,31)18-5-8-23-24(14-18)34-10-9-33-23/h3-8,11,13-14,31H,9-10,12H2,1-2H3. The van der Waals surface area contributed by atoms with Crippen molar-refractivity contribution in [3.63, 3.8) is 0 Å². The van der Waals surface area contributed by atoms with E-state index in [1.807, 2.05) is 31.2 Å². The first kappa shape index (κ1) is 22.5. The number of cyclic esters (lactones) is 1. The Bertz CT molecular complexity index is 1540. The first-order valence-electron chi connectivity index (χ1n) is 11.4. The molecule has 0 aliphatic carbocycles. The van der Waals surface area contributed by atoms with Gasteiger partial charge in [-0.25, -0.2) is 4.79 Å². The summed E-state index contributed by atoms with van der Waals surface area (Å²) < 4.78 is 31.0. The van der Waals surface area contributed by atoms with Gasteiger partial charge in [-0.15, -0.1) is 0 Å². The Labute approximate surface area is 211 Å². The number of rotatable bonds is 5. The van der Waals surface area contributed by atoms with Crippen LogP contribution in [0.5, 0.6) is 17.2 Å². The van der Waals surface area contributed by atoms with Crippen LogP contribution in [-0.2, 0) is 21.7 Å². The fraction of sp³-hybridized carbons (Fsp3) is 0.222. The Morgan fingerprint density at radius 3 is 2.61 bits per heavy atom. The number of benzene rings is 3. The Balaban J connectivity index is 1.52. The van der Waals surface area contributed by atoms with Crippen LogP contribution in [0.4, 0.5) is 0 Å². The number of hydrogen-bond donors (Lipinski definition) is 1. The van der Waals surface area contributed by atoms with Gasteiger partial charge in [0.1, 0.15) is 30.0 Å². The predicted octanol–water partition coefficient (Wildman–Crippen LogP) is 4.18. The highest BCUT2D eigenvalue weighted by atomic mass is 32.1. The number of carbonyl (C=O) groups is 1. The summed E-state index contributed by atoms with van der Waals surface area (Å²) in [6.07, 6.45) is 0.268. The van der Waals surface area contributed by atoms with E-state index in [9.17, 15) is 9.90 Å². The third-order valence-corrected chi connectivity index (χ3v) is 7.03. The van der Waals surface area contributed by atoms with E-state index in [0.717, 1.165) is 34.1 Å². The molecule has 0 saturated carbocycles. The summed E-state index contributed by atoms with van der Waals surface area (Å²) in [5.41, 5.74) is 4.97. The maximum absolute atomic E-state index is 13.3. The van der Waals surface area contributed by atoms with Crippen molar-refractivity contribution in [2.24, 2.45) is 0 Å². The minimum atomic E-state index is -1.99. The van der Waals surface area contributed by atoms with Crippen molar-refractivity contribution >= 4 is 34.3 Å². The van der Waals surface area contributed by atoms with E-state index in [2.05, 4.69) is 8.75 Å². The van der Waals surface area contributed by atoms with Crippen molar-refractivity contribution in [3.05, 3.63) is 82.4 Å². The van der Waals surface area contributed by atoms with Gasteiger partial charge in [-0.1, -0.05) is 18.2 Å². The third-order valence-electron chi connectivity index (χ3n) is 6.47. The smallest absolute Gasteiger partial charge is 0.342 e. The largest absolute Gasteiger partial charge is 0.496 e. The normalized spacial score (nSPS) is 19.0. The number of methoxy groups -OCH3 is 1. The molecule has 0 bridgehead atoms. The van der Waals surface area contributed by atoms with E-state index < -0.39 is 11.8 Å². The molecule has 2 aliphatic rings. The number of aliphatic hydroxyl groups is 1. The fourth-order valence-electron chi connectivity index (χ4n) is 4.72. The number of nitrogens with zero attached hydrogens (tertiary/aromatic N) is 2. The predicted molar refractivity (Wildman–Crippen MR) is 133 cm³/mol. The second kappa shape index (κ2) is 8.61. The molecule has 2 aliphatic heterocycles. The van der Waals surface area contributed by atoms with Gasteiger partial charge in [0.05, 0.1) is 24.4 Å². The Morgan fingerprint density at radius 1 is 1.00 bits per heavy atom. The molecule has 0 spiro atoms. The van der Waals surface area contributed by atoms with Gasteiger partial charge in [0, 0.05) is 17.6 Å². The highest BCUT2D eigenvalue weighted by Gasteiger charge is 2.48. The monoisotopic (exact) mass is 502 g/mol. The molecule has 8 nitrogen and oxygen atoms in total. The quantitative estimate of drug-likeness (QED) is 0.406. The summed E-state index contributed by atoms with van der Waals surface area (Å²) >= 11 is 1.10. The van der Waals surface area contributed by atoms with Gasteiger partial charge >= 0.3 is 5.97 Å². The van der Waals surface area contributed by atoms with Gasteiger partial charge in [-0.3, -0.25) is 0 Å². The molecule has 1 atom stereocenters. The van der Waals surface area contributed by atoms with Crippen molar-refractivity contribution in [1.29, 1.82) is 0 Å². The van der Waals surface area contributed by atoms with Gasteiger partial charge in [0.15, 0.2) is 11.5 Å². The Hall–Kier alpha value is -3.95. The average Bonchev–Trinajstić information content (AvgIpc) is 3.45. The van der Waals surface area contributed by atoms with Crippen LogP contribution in [0.15, 0.2) is 60.2 Å². The molecule has 6 rings (SSSR count). The van der Waals surface area contributed by atoms with Crippen LogP contribution in [0.1, 0.15) is 22.3 Å². The minimum Gasteiger partial charge on any atom is -0.496 e. The molecule has 0 saturated heterocycles. The van der Waals surface area contributed by atoms with Gasteiger partial charge in [0.2, 0.25) is 0 Å². The molecular formula is C27H22N2O6S. The van der Waals surface area contributed by atoms with E-state index in [1.165, 1.54) is 0 Å². The maximum Gasteiger partial charge on any atom is 0.342 e. The zero-order valence-electron chi connectivity index (χ0n) is 19.6. The third kappa shape index (κ3) is 3.68. The summed E-state index contributed by atoms with van der Waals surface area (Å²) in [5.74, 6) is -0.779. The number of aryl methyl sites for hydroxylation is 1. The van der Waals surface area contributed by atoms with E-state index in [-0.39, 0.29) is 6.42 Å². The van der Waals surface area contributed by atoms with Crippen LogP contribution in [0.3, 0.4) is 0 Å². The van der Waals surface area contributed by atoms with Gasteiger partial charge in [-0.2, -0.15) is 8.75 Å². The SMILES string of the molecule is COc1ccc(CC2=C(c3ccc4nsnc4c3)C(=O)OC2(O)c2ccc3c(c2)OCCO3)cc1C. The molecule has 3 heterocycles. The molecule has 182 valence electrons. The molecule has 36 heavy (non-hydrogen) atoms. The van der Waals surface area contributed by atoms with Crippen LogP contribution >= 0.6 is 11.7 Å². The summed E-state index contributed by atoms with van der Waals surface area (Å²) in [7, 11) is 1.62. The van der Waals surface area contributed by atoms with E-state index in [4.69, 9.17) is 18.9 Å². The zero-order chi connectivity index (χ0) is 24.9. The molecule has 0 fully saturated rings. The van der Waals surface area contributed by atoms with Crippen LogP contribution in [-0.4, -0.2) is 40.1 Å². The lowest BCUT2D eigenvalue weighted by Crippen LogP contribution is -2.30. The van der Waals surface area contributed by atoms with Gasteiger partial charge in [-0.05, 0) is 60.0 Å². The lowest BCUT2D eigenvalue weighted by atomic mass is 9.87. The van der Waals surface area contributed by atoms with Crippen molar-refractivity contribution in [3.8, 4) is 17.2 Å². The molecule has 0 amide bonds. The van der Waals surface area contributed by atoms with Crippen LogP contribution in [0.2, 0.25) is 0 Å². The highest BCUT2D eigenvalue weighted by Crippen LogP contribution is 2.47. The van der Waals surface area contributed by atoms with Gasteiger partial charge in [0.25, 0.3) is 5.79 Å². The molecule has 0 radical (unpaired) electrons.